The van der Waals surface area contributed by atoms with E-state index in [1.807, 2.05) is 6.07 Å². The molecule has 1 heterocycles. The lowest BCUT2D eigenvalue weighted by molar-refractivity contribution is -0.144. The minimum atomic E-state index is -0.810. The molecule has 0 radical (unpaired) electrons. The summed E-state index contributed by atoms with van der Waals surface area (Å²) in [5, 5.41) is 16.8. The molecule has 0 aliphatic heterocycles. The zero-order valence-corrected chi connectivity index (χ0v) is 25.0. The number of esters is 1. The van der Waals surface area contributed by atoms with Crippen LogP contribution in [0.5, 0.6) is 6.01 Å². The first kappa shape index (κ1) is 32.1. The smallest absolute Gasteiger partial charge is 0.320 e. The van der Waals surface area contributed by atoms with Gasteiger partial charge in [0.1, 0.15) is 11.6 Å². The number of carbonyl (C=O) groups excluding carboxylic acids is 2. The summed E-state index contributed by atoms with van der Waals surface area (Å²) in [6.45, 7) is 2.41. The number of aromatic nitrogens is 2. The summed E-state index contributed by atoms with van der Waals surface area (Å²) in [5.74, 6) is -0.675. The van der Waals surface area contributed by atoms with Gasteiger partial charge in [-0.1, -0.05) is 17.7 Å². The molecule has 0 bridgehead atoms. The molecule has 0 spiro atoms. The maximum absolute atomic E-state index is 13.7. The summed E-state index contributed by atoms with van der Waals surface area (Å²) in [6, 6.07) is 8.09. The van der Waals surface area contributed by atoms with Crippen LogP contribution in [0.3, 0.4) is 0 Å². The van der Waals surface area contributed by atoms with Gasteiger partial charge in [0.2, 0.25) is 5.91 Å². The van der Waals surface area contributed by atoms with Gasteiger partial charge in [-0.15, -0.1) is 0 Å². The second kappa shape index (κ2) is 15.1. The molecule has 3 aromatic rings. The number of methoxy groups -OCH3 is 2. The van der Waals surface area contributed by atoms with Crippen molar-refractivity contribution in [3.63, 3.8) is 0 Å². The van der Waals surface area contributed by atoms with Crippen LogP contribution in [-0.2, 0) is 19.1 Å². The number of halogens is 2. The highest BCUT2D eigenvalue weighted by Gasteiger charge is 2.28. The van der Waals surface area contributed by atoms with Crippen LogP contribution in [0.4, 0.5) is 21.6 Å². The first-order chi connectivity index (χ1) is 20.7. The number of hydrogen-bond acceptors (Lipinski definition) is 10. The fraction of sp³-hybridized carbons (Fsp3) is 0.400. The van der Waals surface area contributed by atoms with Crippen molar-refractivity contribution in [1.82, 2.24) is 14.9 Å². The first-order valence-corrected chi connectivity index (χ1v) is 14.2. The molecule has 1 aliphatic carbocycles. The van der Waals surface area contributed by atoms with Crippen LogP contribution in [0.1, 0.15) is 31.2 Å². The molecule has 230 valence electrons. The van der Waals surface area contributed by atoms with Crippen LogP contribution >= 0.6 is 11.6 Å². The van der Waals surface area contributed by atoms with Crippen molar-refractivity contribution in [3.8, 4) is 6.01 Å². The van der Waals surface area contributed by atoms with E-state index in [1.54, 1.807) is 24.0 Å². The number of aliphatic hydroxyl groups excluding tert-OH is 1. The zero-order valence-electron chi connectivity index (χ0n) is 24.2. The molecular weight excluding hydrogens is 581 g/mol. The Bertz CT molecular complexity index is 1490. The largest absolute Gasteiger partial charge is 0.467 e. The van der Waals surface area contributed by atoms with Gasteiger partial charge in [0.05, 0.1) is 43.5 Å². The number of amides is 1. The van der Waals surface area contributed by atoms with Gasteiger partial charge in [0.15, 0.2) is 0 Å². The van der Waals surface area contributed by atoms with Gasteiger partial charge < -0.3 is 30.0 Å². The number of anilines is 3. The van der Waals surface area contributed by atoms with Crippen LogP contribution < -0.4 is 15.4 Å². The minimum absolute atomic E-state index is 0.0416. The van der Waals surface area contributed by atoms with Gasteiger partial charge in [-0.3, -0.25) is 14.5 Å². The topological polar surface area (TPSA) is 135 Å². The number of rotatable bonds is 15. The summed E-state index contributed by atoms with van der Waals surface area (Å²) < 4.78 is 29.0. The number of carbonyl (C=O) groups is 2. The molecule has 0 saturated heterocycles. The Morgan fingerprint density at radius 1 is 1.23 bits per heavy atom. The normalized spacial score (nSPS) is 13.8. The number of fused-ring (bicyclic) bond motifs is 1. The average Bonchev–Trinajstić information content (AvgIpc) is 3.80. The van der Waals surface area contributed by atoms with Gasteiger partial charge in [0.25, 0.3) is 0 Å². The van der Waals surface area contributed by atoms with Gasteiger partial charge >= 0.3 is 12.0 Å². The van der Waals surface area contributed by atoms with Crippen molar-refractivity contribution in [2.75, 3.05) is 57.7 Å². The lowest BCUT2D eigenvalue weighted by atomic mass is 10.0. The summed E-state index contributed by atoms with van der Waals surface area (Å²) in [5.41, 5.74) is 2.67. The van der Waals surface area contributed by atoms with E-state index in [4.69, 9.17) is 25.8 Å². The third-order valence-corrected chi connectivity index (χ3v) is 6.89. The first-order valence-electron chi connectivity index (χ1n) is 13.8. The molecule has 11 nitrogen and oxygen atoms in total. The van der Waals surface area contributed by atoms with Crippen molar-refractivity contribution >= 4 is 51.6 Å². The Balaban J connectivity index is 1.56. The molecule has 1 saturated carbocycles. The minimum Gasteiger partial charge on any atom is -0.467 e. The van der Waals surface area contributed by atoms with E-state index in [0.29, 0.717) is 28.1 Å². The number of nitrogens with zero attached hydrogens (tertiary/aromatic N) is 3. The van der Waals surface area contributed by atoms with E-state index in [0.717, 1.165) is 18.4 Å². The van der Waals surface area contributed by atoms with Crippen molar-refractivity contribution in [1.29, 1.82) is 0 Å². The highest BCUT2D eigenvalue weighted by molar-refractivity contribution is 6.31. The van der Waals surface area contributed by atoms with Gasteiger partial charge in [-0.2, -0.15) is 9.97 Å². The average molecular weight is 616 g/mol. The van der Waals surface area contributed by atoms with Crippen molar-refractivity contribution in [3.05, 3.63) is 58.9 Å². The van der Waals surface area contributed by atoms with Crippen molar-refractivity contribution in [2.24, 2.45) is 0 Å². The van der Waals surface area contributed by atoms with Crippen LogP contribution in [0, 0.1) is 5.82 Å². The van der Waals surface area contributed by atoms with Gasteiger partial charge in [-0.25, -0.2) is 4.39 Å². The number of aliphatic hydroxyl groups is 1. The second-order valence-electron chi connectivity index (χ2n) is 10.0. The number of benzene rings is 2. The fourth-order valence-corrected chi connectivity index (χ4v) is 4.71. The summed E-state index contributed by atoms with van der Waals surface area (Å²) >= 11 is 5.97. The van der Waals surface area contributed by atoms with Crippen LogP contribution in [0.2, 0.25) is 5.02 Å². The summed E-state index contributed by atoms with van der Waals surface area (Å²) in [6.07, 6.45) is 4.16. The predicted octanol–water partition coefficient (Wildman–Crippen LogP) is 4.42. The molecule has 13 heteroatoms. The Kier molecular flexibility index (Phi) is 11.2. The highest BCUT2D eigenvalue weighted by atomic mass is 35.5. The maximum Gasteiger partial charge on any atom is 0.320 e. The fourth-order valence-electron chi connectivity index (χ4n) is 4.53. The van der Waals surface area contributed by atoms with Crippen LogP contribution in [-0.4, -0.2) is 85.0 Å². The molecule has 43 heavy (non-hydrogen) atoms. The van der Waals surface area contributed by atoms with Crippen LogP contribution in [0.15, 0.2) is 42.5 Å². The van der Waals surface area contributed by atoms with Crippen molar-refractivity contribution < 1.29 is 33.3 Å². The Labute approximate surface area is 254 Å². The molecule has 1 aliphatic rings. The third kappa shape index (κ3) is 9.07. The summed E-state index contributed by atoms with van der Waals surface area (Å²) in [7, 11) is 2.94. The van der Waals surface area contributed by atoms with E-state index < -0.39 is 17.9 Å². The van der Waals surface area contributed by atoms with E-state index in [2.05, 4.69) is 20.6 Å². The standard InChI is InChI=1S/C30H35ClFN5O6/c1-4-43-28(40)16-37(15-20(38)17-41-2)11-5-6-27(39)34-25-14-22-26(13-21(25)18-7-8-18)35-30(42-3)36-29(22)33-19-9-10-24(32)23(31)12-19/h5-6,9-10,12-14,18,20,38H,4,7-8,11,15-17H2,1-3H3,(H,34,39)(H,33,35,36)/t20-/m1/s1. The maximum atomic E-state index is 13.7. The van der Waals surface area contributed by atoms with Crippen LogP contribution in [0.25, 0.3) is 10.9 Å². The van der Waals surface area contributed by atoms with E-state index in [1.165, 1.54) is 38.5 Å². The Hall–Kier alpha value is -3.84. The van der Waals surface area contributed by atoms with E-state index in [-0.39, 0.29) is 55.7 Å². The molecule has 1 aromatic heterocycles. The van der Waals surface area contributed by atoms with Gasteiger partial charge in [-0.05, 0) is 61.6 Å². The van der Waals surface area contributed by atoms with Gasteiger partial charge in [0, 0.05) is 43.0 Å². The summed E-state index contributed by atoms with van der Waals surface area (Å²) in [4.78, 5) is 35.7. The Morgan fingerprint density at radius 3 is 2.70 bits per heavy atom. The molecule has 1 atom stereocenters. The van der Waals surface area contributed by atoms with Crippen molar-refractivity contribution in [2.45, 2.75) is 31.8 Å². The highest BCUT2D eigenvalue weighted by Crippen LogP contribution is 2.45. The quantitative estimate of drug-likeness (QED) is 0.167. The molecule has 4 rings (SSSR count). The van der Waals surface area contributed by atoms with E-state index >= 15 is 0 Å². The molecule has 1 amide bonds. The number of hydrogen-bond donors (Lipinski definition) is 3. The molecular formula is C30H35ClFN5O6. The molecule has 3 N–H and O–H groups in total. The zero-order chi connectivity index (χ0) is 30.9. The number of ether oxygens (including phenoxy) is 3. The SMILES string of the molecule is CCOC(=O)CN(CC=CC(=O)Nc1cc2c(Nc3ccc(F)c(Cl)c3)nc(OC)nc2cc1C1CC1)C[C@@H](O)COC. The predicted molar refractivity (Wildman–Crippen MR) is 161 cm³/mol. The lowest BCUT2D eigenvalue weighted by Gasteiger charge is -2.22. The molecule has 0 unspecified atom stereocenters. The third-order valence-electron chi connectivity index (χ3n) is 6.61. The Morgan fingerprint density at radius 2 is 2.02 bits per heavy atom. The monoisotopic (exact) mass is 615 g/mol. The molecule has 1 fully saturated rings. The molecule has 2 aromatic carbocycles. The van der Waals surface area contributed by atoms with E-state index in [9.17, 15) is 19.1 Å². The second-order valence-corrected chi connectivity index (χ2v) is 10.5. The lowest BCUT2D eigenvalue weighted by Crippen LogP contribution is -2.38. The number of nitrogens with one attached hydrogen (secondary N) is 2.